The zero-order chi connectivity index (χ0) is 32.6. The summed E-state index contributed by atoms with van der Waals surface area (Å²) < 4.78 is 23.2. The highest BCUT2D eigenvalue weighted by Crippen LogP contribution is 2.31. The first kappa shape index (κ1) is 36.2. The average molecular weight is 703 g/mol. The molecule has 6 nitrogen and oxygen atoms in total. The minimum atomic E-state index is -2.18. The molecule has 1 N–H and O–H groups in total. The number of thioether (sulfide) groups is 1. The van der Waals surface area contributed by atoms with Crippen molar-refractivity contribution in [3.8, 4) is 0 Å². The van der Waals surface area contributed by atoms with Crippen LogP contribution >= 0.6 is 46.6 Å². The highest BCUT2D eigenvalue weighted by Gasteiger charge is 2.37. The molecular formula is C36H38Cl3NO5S. The molecule has 0 saturated heterocycles. The van der Waals surface area contributed by atoms with E-state index in [1.807, 2.05) is 128 Å². The number of ether oxygens (including phenoxy) is 4. The van der Waals surface area contributed by atoms with Gasteiger partial charge in [-0.2, -0.15) is 0 Å². The van der Waals surface area contributed by atoms with Crippen LogP contribution in [0, 0.1) is 0 Å². The van der Waals surface area contributed by atoms with Crippen LogP contribution in [0.3, 0.4) is 0 Å². The van der Waals surface area contributed by atoms with Crippen LogP contribution in [-0.2, 0) is 43.6 Å². The second-order valence-electron chi connectivity index (χ2n) is 10.6. The third-order valence-electron chi connectivity index (χ3n) is 6.89. The zero-order valence-electron chi connectivity index (χ0n) is 25.5. The Hall–Kier alpha value is -2.59. The number of rotatable bonds is 18. The number of benzene rings is 4. The summed E-state index contributed by atoms with van der Waals surface area (Å²) in [6.07, 6.45) is -0.917. The maximum atomic E-state index is 13.0. The summed E-state index contributed by atoms with van der Waals surface area (Å²) in [5.41, 5.74) is 2.38. The largest absolute Gasteiger partial charge is 0.375 e. The van der Waals surface area contributed by atoms with E-state index in [9.17, 15) is 4.79 Å². The summed E-state index contributed by atoms with van der Waals surface area (Å²) in [5, 5.41) is 2.86. The number of hydrogen-bond acceptors (Lipinski definition) is 6. The van der Waals surface area contributed by atoms with Gasteiger partial charge in [-0.25, -0.2) is 0 Å². The molecule has 0 aliphatic heterocycles. The number of hydrogen-bond donors (Lipinski definition) is 1. The second kappa shape index (κ2) is 19.3. The van der Waals surface area contributed by atoms with Crippen molar-refractivity contribution in [2.24, 2.45) is 0 Å². The van der Waals surface area contributed by atoms with Gasteiger partial charge in [0.2, 0.25) is 0 Å². The maximum absolute atomic E-state index is 13.0. The minimum Gasteiger partial charge on any atom is -0.375 e. The molecule has 0 aliphatic carbocycles. The highest BCUT2D eigenvalue weighted by atomic mass is 35.6. The molecule has 1 amide bonds. The summed E-state index contributed by atoms with van der Waals surface area (Å²) in [6, 6.07) is 38.6. The molecule has 4 atom stereocenters. The van der Waals surface area contributed by atoms with Crippen LogP contribution in [0.1, 0.15) is 23.6 Å². The summed E-state index contributed by atoms with van der Waals surface area (Å²) in [4.78, 5) is 13.9. The third kappa shape index (κ3) is 12.9. The fourth-order valence-electron chi connectivity index (χ4n) is 4.39. The van der Waals surface area contributed by atoms with E-state index in [1.165, 1.54) is 11.8 Å². The zero-order valence-corrected chi connectivity index (χ0v) is 28.6. The molecular weight excluding hydrogens is 665 g/mol. The van der Waals surface area contributed by atoms with Gasteiger partial charge in [0, 0.05) is 4.90 Å². The van der Waals surface area contributed by atoms with Gasteiger partial charge >= 0.3 is 0 Å². The number of alkyl halides is 3. The van der Waals surface area contributed by atoms with Gasteiger partial charge in [0.05, 0.1) is 45.2 Å². The summed E-state index contributed by atoms with van der Waals surface area (Å²) in [6.45, 7) is 3.38. The summed E-state index contributed by atoms with van der Waals surface area (Å²) in [7, 11) is 0. The van der Waals surface area contributed by atoms with Crippen molar-refractivity contribution in [3.05, 3.63) is 138 Å². The molecule has 0 fully saturated rings. The van der Waals surface area contributed by atoms with Crippen molar-refractivity contribution in [2.75, 3.05) is 13.2 Å². The van der Waals surface area contributed by atoms with Crippen LogP contribution in [0.25, 0.3) is 0 Å². The summed E-state index contributed by atoms with van der Waals surface area (Å²) >= 11 is 19.4. The van der Waals surface area contributed by atoms with E-state index < -0.39 is 27.3 Å². The molecule has 0 aliphatic rings. The van der Waals surface area contributed by atoms with Crippen molar-refractivity contribution < 1.29 is 23.7 Å². The van der Waals surface area contributed by atoms with Crippen molar-refractivity contribution in [1.29, 1.82) is 0 Å². The Morgan fingerprint density at radius 2 is 1.15 bits per heavy atom. The Balaban J connectivity index is 1.57. The molecule has 10 heteroatoms. The maximum Gasteiger partial charge on any atom is 0.272 e. The molecule has 0 bridgehead atoms. The summed E-state index contributed by atoms with van der Waals surface area (Å²) in [5.74, 6) is -0.779. The van der Waals surface area contributed by atoms with Crippen molar-refractivity contribution in [2.45, 2.75) is 59.1 Å². The van der Waals surface area contributed by atoms with Crippen molar-refractivity contribution in [1.82, 2.24) is 5.32 Å². The van der Waals surface area contributed by atoms with Crippen LogP contribution in [0.2, 0.25) is 0 Å². The van der Waals surface area contributed by atoms with Crippen LogP contribution in [0.4, 0.5) is 0 Å². The van der Waals surface area contributed by atoms with E-state index in [2.05, 4.69) is 5.32 Å². The van der Waals surface area contributed by atoms with Gasteiger partial charge < -0.3 is 24.3 Å². The Labute approximate surface area is 290 Å². The lowest BCUT2D eigenvalue weighted by Crippen LogP contribution is -2.51. The van der Waals surface area contributed by atoms with Crippen LogP contribution in [-0.4, -0.2) is 46.6 Å². The monoisotopic (exact) mass is 701 g/mol. The van der Waals surface area contributed by atoms with Crippen LogP contribution in [0.5, 0.6) is 0 Å². The molecule has 0 saturated carbocycles. The van der Waals surface area contributed by atoms with Gasteiger partial charge in [-0.15, -0.1) is 0 Å². The Morgan fingerprint density at radius 1 is 0.696 bits per heavy atom. The van der Waals surface area contributed by atoms with Gasteiger partial charge in [0.15, 0.2) is 0 Å². The standard InChI is InChI=1S/C36H38Cl3NO5S/c1-27(44-24-30-18-10-4-11-19-30)33(26-43-23-29-16-8-3-9-17-29)45-34(46-31-20-12-5-13-21-31)32(40-35(41)36(37,38)39)25-42-22-28-14-6-2-7-15-28/h2-21,27,32-34H,22-26H2,1H3,(H,40,41)/t27-,32+,33?,34?/m1/s1. The molecule has 4 aromatic rings. The molecule has 0 spiro atoms. The smallest absolute Gasteiger partial charge is 0.272 e. The molecule has 244 valence electrons. The van der Waals surface area contributed by atoms with Crippen molar-refractivity contribution in [3.63, 3.8) is 0 Å². The third-order valence-corrected chi connectivity index (χ3v) is 8.62. The number of carbonyl (C=O) groups excluding carboxylic acids is 1. The van der Waals surface area contributed by atoms with Gasteiger partial charge in [-0.3, -0.25) is 4.79 Å². The molecule has 0 radical (unpaired) electrons. The Kier molecular flexibility index (Phi) is 15.2. The highest BCUT2D eigenvalue weighted by molar-refractivity contribution is 7.99. The number of amides is 1. The average Bonchev–Trinajstić information content (AvgIpc) is 3.07. The topological polar surface area (TPSA) is 66.0 Å². The van der Waals surface area contributed by atoms with E-state index in [4.69, 9.17) is 53.8 Å². The van der Waals surface area contributed by atoms with Crippen LogP contribution < -0.4 is 5.32 Å². The first-order valence-electron chi connectivity index (χ1n) is 14.9. The van der Waals surface area contributed by atoms with Gasteiger partial charge in [0.1, 0.15) is 11.5 Å². The molecule has 0 heterocycles. The van der Waals surface area contributed by atoms with Gasteiger partial charge in [-0.05, 0) is 35.7 Å². The number of halogens is 3. The Bertz CT molecular complexity index is 1420. The van der Waals surface area contributed by atoms with Gasteiger partial charge in [-0.1, -0.05) is 156 Å². The fraction of sp³-hybridized carbons (Fsp3) is 0.306. The predicted molar refractivity (Wildman–Crippen MR) is 186 cm³/mol. The molecule has 4 rings (SSSR count). The van der Waals surface area contributed by atoms with Crippen LogP contribution in [0.15, 0.2) is 126 Å². The SMILES string of the molecule is C[C@@H](OCc1ccccc1)C(COCc1ccccc1)OC(Sc1ccccc1)[C@H](COCc1ccccc1)NC(=O)C(Cl)(Cl)Cl. The quantitative estimate of drug-likeness (QED) is 0.0639. The number of carbonyl (C=O) groups is 1. The first-order valence-corrected chi connectivity index (χ1v) is 16.9. The molecule has 0 aromatic heterocycles. The van der Waals surface area contributed by atoms with E-state index in [-0.39, 0.29) is 19.3 Å². The van der Waals surface area contributed by atoms with E-state index in [1.54, 1.807) is 0 Å². The van der Waals surface area contributed by atoms with Crippen molar-refractivity contribution >= 4 is 52.5 Å². The van der Waals surface area contributed by atoms with Gasteiger partial charge in [0.25, 0.3) is 9.70 Å². The van der Waals surface area contributed by atoms with E-state index >= 15 is 0 Å². The lowest BCUT2D eigenvalue weighted by atomic mass is 10.2. The molecule has 46 heavy (non-hydrogen) atoms. The lowest BCUT2D eigenvalue weighted by Gasteiger charge is -2.34. The van der Waals surface area contributed by atoms with E-state index in [0.717, 1.165) is 21.6 Å². The lowest BCUT2D eigenvalue weighted by molar-refractivity contribution is -0.129. The first-order chi connectivity index (χ1) is 22.3. The molecule has 4 aromatic carbocycles. The minimum absolute atomic E-state index is 0.0860. The normalized spacial score (nSPS) is 14.3. The second-order valence-corrected chi connectivity index (χ2v) is 14.0. The predicted octanol–water partition coefficient (Wildman–Crippen LogP) is 8.38. The fourth-order valence-corrected chi connectivity index (χ4v) is 5.64. The van der Waals surface area contributed by atoms with E-state index in [0.29, 0.717) is 19.8 Å². The number of nitrogens with one attached hydrogen (secondary N) is 1. The molecule has 2 unspecified atom stereocenters. The Morgan fingerprint density at radius 3 is 1.65 bits per heavy atom.